The predicted molar refractivity (Wildman–Crippen MR) is 57.5 cm³/mol. The van der Waals surface area contributed by atoms with Gasteiger partial charge in [0.2, 0.25) is 0 Å². The van der Waals surface area contributed by atoms with Crippen LogP contribution in [-0.2, 0) is 0 Å². The molecule has 1 unspecified atom stereocenters. The van der Waals surface area contributed by atoms with E-state index in [2.05, 4.69) is 10.6 Å². The molecule has 0 aliphatic rings. The van der Waals surface area contributed by atoms with Gasteiger partial charge in [-0.3, -0.25) is 5.32 Å². The van der Waals surface area contributed by atoms with Crippen molar-refractivity contribution >= 4 is 0 Å². The van der Waals surface area contributed by atoms with E-state index in [4.69, 9.17) is 0 Å². The second-order valence-electron chi connectivity index (χ2n) is 3.82. The van der Waals surface area contributed by atoms with Crippen LogP contribution >= 0.6 is 0 Å². The zero-order chi connectivity index (χ0) is 11.2. The summed E-state index contributed by atoms with van der Waals surface area (Å²) in [6.45, 7) is 5.91. The van der Waals surface area contributed by atoms with Crippen molar-refractivity contribution in [1.82, 2.24) is 10.6 Å². The normalized spacial score (nSPS) is 14.8. The van der Waals surface area contributed by atoms with Gasteiger partial charge in [0.1, 0.15) is 6.17 Å². The molecule has 0 fully saturated rings. The first-order chi connectivity index (χ1) is 6.44. The fourth-order valence-electron chi connectivity index (χ4n) is 1.23. The van der Waals surface area contributed by atoms with Gasteiger partial charge < -0.3 is 15.5 Å². The van der Waals surface area contributed by atoms with Gasteiger partial charge in [-0.15, -0.1) is 0 Å². The molecule has 0 aliphatic carbocycles. The zero-order valence-corrected chi connectivity index (χ0v) is 9.54. The standard InChI is InChI=1S/C10H23N2O2/c1-5-6-7-10(13,14)9(11-4)12-8(2)3/h7-9,11-14H,5-6H2,1-4H3. The highest BCUT2D eigenvalue weighted by atomic mass is 16.5. The lowest BCUT2D eigenvalue weighted by Crippen LogP contribution is -2.59. The van der Waals surface area contributed by atoms with Crippen LogP contribution < -0.4 is 10.6 Å². The van der Waals surface area contributed by atoms with Gasteiger partial charge in [0, 0.05) is 12.5 Å². The van der Waals surface area contributed by atoms with E-state index in [0.29, 0.717) is 6.42 Å². The molecule has 0 heterocycles. The van der Waals surface area contributed by atoms with Gasteiger partial charge in [-0.05, 0) is 27.3 Å². The molecule has 0 aliphatic heterocycles. The molecular weight excluding hydrogens is 180 g/mol. The number of hydrogen-bond acceptors (Lipinski definition) is 4. The van der Waals surface area contributed by atoms with E-state index < -0.39 is 12.0 Å². The van der Waals surface area contributed by atoms with Gasteiger partial charge in [0.15, 0.2) is 5.79 Å². The lowest BCUT2D eigenvalue weighted by Gasteiger charge is -2.32. The molecule has 4 nitrogen and oxygen atoms in total. The summed E-state index contributed by atoms with van der Waals surface area (Å²) in [7, 11) is 1.70. The van der Waals surface area contributed by atoms with Crippen LogP contribution in [0.5, 0.6) is 0 Å². The summed E-state index contributed by atoms with van der Waals surface area (Å²) in [5.41, 5.74) is 0. The van der Waals surface area contributed by atoms with Crippen molar-refractivity contribution in [3.8, 4) is 0 Å². The van der Waals surface area contributed by atoms with Gasteiger partial charge in [-0.1, -0.05) is 13.3 Å². The molecular formula is C10H23N2O2. The van der Waals surface area contributed by atoms with Crippen molar-refractivity contribution in [3.63, 3.8) is 0 Å². The minimum absolute atomic E-state index is 0.196. The van der Waals surface area contributed by atoms with E-state index >= 15 is 0 Å². The Labute approximate surface area is 86.7 Å². The Morgan fingerprint density at radius 3 is 2.29 bits per heavy atom. The van der Waals surface area contributed by atoms with Gasteiger partial charge in [0.05, 0.1) is 0 Å². The quantitative estimate of drug-likeness (QED) is 0.447. The van der Waals surface area contributed by atoms with Gasteiger partial charge in [0.25, 0.3) is 0 Å². The third-order valence-corrected chi connectivity index (χ3v) is 1.95. The lowest BCUT2D eigenvalue weighted by atomic mass is 10.1. The molecule has 0 aromatic heterocycles. The highest BCUT2D eigenvalue weighted by Gasteiger charge is 2.33. The maximum Gasteiger partial charge on any atom is 0.195 e. The van der Waals surface area contributed by atoms with E-state index in [0.717, 1.165) is 6.42 Å². The topological polar surface area (TPSA) is 64.5 Å². The highest BCUT2D eigenvalue weighted by molar-refractivity contribution is 4.91. The molecule has 85 valence electrons. The molecule has 14 heavy (non-hydrogen) atoms. The highest BCUT2D eigenvalue weighted by Crippen LogP contribution is 2.13. The molecule has 4 N–H and O–H groups in total. The van der Waals surface area contributed by atoms with E-state index in [1.807, 2.05) is 20.8 Å². The summed E-state index contributed by atoms with van der Waals surface area (Å²) in [5, 5.41) is 25.3. The summed E-state index contributed by atoms with van der Waals surface area (Å²) in [5.74, 6) is -1.80. The van der Waals surface area contributed by atoms with E-state index in [1.165, 1.54) is 6.42 Å². The van der Waals surface area contributed by atoms with E-state index in [1.54, 1.807) is 7.05 Å². The molecule has 0 amide bonds. The van der Waals surface area contributed by atoms with Crippen LogP contribution in [0.2, 0.25) is 0 Å². The average Bonchev–Trinajstić information content (AvgIpc) is 2.10. The molecule has 0 bridgehead atoms. The minimum atomic E-state index is -1.80. The van der Waals surface area contributed by atoms with Crippen LogP contribution in [0.1, 0.15) is 33.6 Å². The Morgan fingerprint density at radius 2 is 1.93 bits per heavy atom. The third kappa shape index (κ3) is 4.91. The van der Waals surface area contributed by atoms with Crippen molar-refractivity contribution in [2.75, 3.05) is 7.05 Å². The molecule has 0 spiro atoms. The minimum Gasteiger partial charge on any atom is -0.363 e. The molecule has 0 rings (SSSR count). The maximum absolute atomic E-state index is 9.73. The Kier molecular flexibility index (Phi) is 6.27. The van der Waals surface area contributed by atoms with Gasteiger partial charge in [-0.25, -0.2) is 0 Å². The van der Waals surface area contributed by atoms with Crippen molar-refractivity contribution < 1.29 is 10.2 Å². The van der Waals surface area contributed by atoms with Crippen LogP contribution in [-0.4, -0.2) is 35.3 Å². The van der Waals surface area contributed by atoms with Crippen molar-refractivity contribution in [1.29, 1.82) is 0 Å². The Morgan fingerprint density at radius 1 is 1.36 bits per heavy atom. The number of hydrogen-bond donors (Lipinski definition) is 4. The molecule has 0 aromatic carbocycles. The van der Waals surface area contributed by atoms with Crippen molar-refractivity contribution in [2.24, 2.45) is 0 Å². The van der Waals surface area contributed by atoms with E-state index in [-0.39, 0.29) is 6.04 Å². The van der Waals surface area contributed by atoms with Gasteiger partial charge >= 0.3 is 0 Å². The first-order valence-electron chi connectivity index (χ1n) is 5.16. The van der Waals surface area contributed by atoms with E-state index in [9.17, 15) is 10.2 Å². The fourth-order valence-corrected chi connectivity index (χ4v) is 1.23. The average molecular weight is 203 g/mol. The smallest absolute Gasteiger partial charge is 0.195 e. The number of nitrogens with one attached hydrogen (secondary N) is 2. The van der Waals surface area contributed by atoms with Crippen LogP contribution in [0.15, 0.2) is 0 Å². The second kappa shape index (κ2) is 6.35. The molecule has 0 aromatic rings. The fraction of sp³-hybridized carbons (Fsp3) is 0.900. The molecule has 4 heteroatoms. The largest absolute Gasteiger partial charge is 0.363 e. The summed E-state index contributed by atoms with van der Waals surface area (Å²) in [6, 6.07) is 0.196. The number of likely N-dealkylation sites (N-methyl/N-ethyl adjacent to an activating group) is 1. The summed E-state index contributed by atoms with van der Waals surface area (Å²) in [4.78, 5) is 0. The monoisotopic (exact) mass is 203 g/mol. The summed E-state index contributed by atoms with van der Waals surface area (Å²) in [6.07, 6.45) is 2.57. The van der Waals surface area contributed by atoms with Gasteiger partial charge in [-0.2, -0.15) is 0 Å². The summed E-state index contributed by atoms with van der Waals surface area (Å²) >= 11 is 0. The number of aliphatic hydroxyl groups is 2. The van der Waals surface area contributed by atoms with Crippen LogP contribution in [0.25, 0.3) is 0 Å². The number of unbranched alkanes of at least 4 members (excludes halogenated alkanes) is 1. The SMILES string of the molecule is CCC[CH]C(O)(O)C(NC)NC(C)C. The molecule has 0 saturated carbocycles. The first-order valence-corrected chi connectivity index (χ1v) is 5.16. The number of rotatable bonds is 7. The Balaban J connectivity index is 4.17. The van der Waals surface area contributed by atoms with Crippen LogP contribution in [0.4, 0.5) is 0 Å². The van der Waals surface area contributed by atoms with Crippen LogP contribution in [0, 0.1) is 6.42 Å². The zero-order valence-electron chi connectivity index (χ0n) is 9.54. The lowest BCUT2D eigenvalue weighted by molar-refractivity contribution is -0.164. The maximum atomic E-state index is 9.73. The molecule has 1 radical (unpaired) electrons. The Hall–Kier alpha value is -0.160. The molecule has 1 atom stereocenters. The van der Waals surface area contributed by atoms with Crippen molar-refractivity contribution in [2.45, 2.75) is 51.6 Å². The predicted octanol–water partition coefficient (Wildman–Crippen LogP) is 0.215. The summed E-state index contributed by atoms with van der Waals surface area (Å²) < 4.78 is 0. The van der Waals surface area contributed by atoms with Crippen molar-refractivity contribution in [3.05, 3.63) is 6.42 Å². The first kappa shape index (κ1) is 13.8. The third-order valence-electron chi connectivity index (χ3n) is 1.95. The molecule has 0 saturated heterocycles. The second-order valence-corrected chi connectivity index (χ2v) is 3.82. The van der Waals surface area contributed by atoms with Crippen LogP contribution in [0.3, 0.4) is 0 Å². The Bertz CT molecular complexity index is 149.